The summed E-state index contributed by atoms with van der Waals surface area (Å²) in [5, 5.41) is 0. The van der Waals surface area contributed by atoms with Crippen molar-refractivity contribution in [3.05, 3.63) is 11.8 Å². The molecule has 0 aliphatic carbocycles. The first-order valence-corrected chi connectivity index (χ1v) is 3.79. The molecule has 1 aliphatic rings. The quantitative estimate of drug-likeness (QED) is 0.490. The number of allylic oxidation sites excluding steroid dienone is 1. The van der Waals surface area contributed by atoms with E-state index in [1.807, 2.05) is 0 Å². The average Bonchev–Trinajstić information content (AvgIpc) is 1.94. The van der Waals surface area contributed by atoms with Gasteiger partial charge < -0.3 is 4.90 Å². The van der Waals surface area contributed by atoms with Crippen LogP contribution in [0.25, 0.3) is 0 Å². The van der Waals surface area contributed by atoms with Gasteiger partial charge in [0.15, 0.2) is 0 Å². The lowest BCUT2D eigenvalue weighted by Crippen LogP contribution is -2.40. The minimum absolute atomic E-state index is 1.10. The minimum Gasteiger partial charge on any atom is -0.376 e. The zero-order valence-corrected chi connectivity index (χ0v) is 7.09. The molecule has 1 saturated heterocycles. The molecule has 2 nitrogen and oxygen atoms in total. The molecular weight excluding hydrogens is 124 g/mol. The first-order valence-electron chi connectivity index (χ1n) is 3.79. The first-order chi connectivity index (χ1) is 4.74. The van der Waals surface area contributed by atoms with Crippen LogP contribution in [0.1, 0.15) is 6.92 Å². The lowest BCUT2D eigenvalue weighted by atomic mass is 10.3. The third kappa shape index (κ3) is 1.51. The van der Waals surface area contributed by atoms with Crippen molar-refractivity contribution in [1.29, 1.82) is 0 Å². The van der Waals surface area contributed by atoms with E-state index in [1.165, 1.54) is 12.2 Å². The predicted molar refractivity (Wildman–Crippen MR) is 43.9 cm³/mol. The van der Waals surface area contributed by atoms with Gasteiger partial charge in [0, 0.05) is 32.4 Å². The van der Waals surface area contributed by atoms with Crippen molar-refractivity contribution < 1.29 is 0 Å². The van der Waals surface area contributed by atoms with Crippen molar-refractivity contribution in [3.63, 3.8) is 0 Å². The van der Waals surface area contributed by atoms with Crippen LogP contribution in [-0.4, -0.2) is 43.5 Å². The van der Waals surface area contributed by atoms with Crippen molar-refractivity contribution in [2.45, 2.75) is 6.92 Å². The molecule has 0 amide bonds. The van der Waals surface area contributed by atoms with Gasteiger partial charge in [0.25, 0.3) is 0 Å². The Morgan fingerprint density at radius 1 is 1.30 bits per heavy atom. The summed E-state index contributed by atoms with van der Waals surface area (Å²) < 4.78 is 0. The maximum Gasteiger partial charge on any atom is 0.0378 e. The summed E-state index contributed by atoms with van der Waals surface area (Å²) in [6.07, 6.45) is 2.19. The predicted octanol–water partition coefficient (Wildman–Crippen LogP) is 0.767. The molecule has 58 valence electrons. The van der Waals surface area contributed by atoms with Gasteiger partial charge in [-0.05, 0) is 14.0 Å². The summed E-state index contributed by atoms with van der Waals surface area (Å²) in [5.41, 5.74) is 1.44. The molecule has 0 bridgehead atoms. The molecule has 0 unspecified atom stereocenters. The number of hydrogen-bond acceptors (Lipinski definition) is 2. The summed E-state index contributed by atoms with van der Waals surface area (Å²) in [4.78, 5) is 4.66. The fourth-order valence-electron chi connectivity index (χ4n) is 1.25. The van der Waals surface area contributed by atoms with Gasteiger partial charge in [-0.15, -0.1) is 0 Å². The standard InChI is InChI=1S/C8H16N2/c1-4-8-7-9(2)5-6-10(8)3/h4H,5-7H2,1-3H3. The van der Waals surface area contributed by atoms with Crippen molar-refractivity contribution in [2.24, 2.45) is 0 Å². The van der Waals surface area contributed by atoms with E-state index in [2.05, 4.69) is 36.9 Å². The second kappa shape index (κ2) is 3.06. The van der Waals surface area contributed by atoms with Crippen molar-refractivity contribution in [2.75, 3.05) is 33.7 Å². The van der Waals surface area contributed by atoms with E-state index in [4.69, 9.17) is 0 Å². The van der Waals surface area contributed by atoms with Crippen LogP contribution in [0, 0.1) is 0 Å². The normalized spacial score (nSPS) is 25.9. The largest absolute Gasteiger partial charge is 0.376 e. The van der Waals surface area contributed by atoms with Crippen LogP contribution in [0.5, 0.6) is 0 Å². The molecule has 1 rings (SSSR count). The summed E-state index contributed by atoms with van der Waals surface area (Å²) in [7, 11) is 4.32. The highest BCUT2D eigenvalue weighted by Crippen LogP contribution is 2.08. The molecule has 0 atom stereocenters. The Bertz CT molecular complexity index is 140. The number of piperazine rings is 1. The molecule has 0 aromatic carbocycles. The van der Waals surface area contributed by atoms with Crippen molar-refractivity contribution in [1.82, 2.24) is 9.80 Å². The van der Waals surface area contributed by atoms with Gasteiger partial charge in [-0.3, -0.25) is 4.90 Å². The van der Waals surface area contributed by atoms with Crippen LogP contribution in [0.3, 0.4) is 0 Å². The van der Waals surface area contributed by atoms with Crippen LogP contribution < -0.4 is 0 Å². The van der Waals surface area contributed by atoms with E-state index in [0.717, 1.165) is 13.1 Å². The van der Waals surface area contributed by atoms with Gasteiger partial charge in [-0.1, -0.05) is 6.08 Å². The Hall–Kier alpha value is -0.500. The van der Waals surface area contributed by atoms with Gasteiger partial charge in [0.05, 0.1) is 0 Å². The maximum absolute atomic E-state index is 2.34. The molecule has 0 aromatic rings. The van der Waals surface area contributed by atoms with Crippen molar-refractivity contribution in [3.8, 4) is 0 Å². The smallest absolute Gasteiger partial charge is 0.0378 e. The molecule has 0 saturated carbocycles. The van der Waals surface area contributed by atoms with Gasteiger partial charge in [-0.25, -0.2) is 0 Å². The summed E-state index contributed by atoms with van der Waals surface area (Å²) in [6.45, 7) is 5.56. The second-order valence-electron chi connectivity index (χ2n) is 2.94. The number of likely N-dealkylation sites (N-methyl/N-ethyl adjacent to an activating group) is 2. The molecule has 2 heteroatoms. The summed E-state index contributed by atoms with van der Waals surface area (Å²) in [6, 6.07) is 0. The lowest BCUT2D eigenvalue weighted by Gasteiger charge is -2.33. The fraction of sp³-hybridized carbons (Fsp3) is 0.750. The minimum atomic E-state index is 1.10. The molecule has 0 N–H and O–H groups in total. The molecule has 10 heavy (non-hydrogen) atoms. The van der Waals surface area contributed by atoms with Gasteiger partial charge in [0.1, 0.15) is 0 Å². The van der Waals surface area contributed by atoms with Gasteiger partial charge in [0.2, 0.25) is 0 Å². The number of nitrogens with zero attached hydrogens (tertiary/aromatic N) is 2. The lowest BCUT2D eigenvalue weighted by molar-refractivity contribution is 0.229. The van der Waals surface area contributed by atoms with Gasteiger partial charge >= 0.3 is 0 Å². The van der Waals surface area contributed by atoms with Crippen molar-refractivity contribution >= 4 is 0 Å². The molecule has 1 heterocycles. The highest BCUT2D eigenvalue weighted by atomic mass is 15.2. The summed E-state index contributed by atoms with van der Waals surface area (Å²) >= 11 is 0. The highest BCUT2D eigenvalue weighted by molar-refractivity contribution is 5.03. The monoisotopic (exact) mass is 140 g/mol. The first kappa shape index (κ1) is 7.61. The highest BCUT2D eigenvalue weighted by Gasteiger charge is 2.12. The molecule has 1 fully saturated rings. The molecule has 1 aliphatic heterocycles. The molecular formula is C8H16N2. The number of rotatable bonds is 0. The van der Waals surface area contributed by atoms with E-state index in [-0.39, 0.29) is 0 Å². The second-order valence-corrected chi connectivity index (χ2v) is 2.94. The van der Waals surface area contributed by atoms with E-state index < -0.39 is 0 Å². The zero-order valence-electron chi connectivity index (χ0n) is 7.09. The van der Waals surface area contributed by atoms with Crippen LogP contribution >= 0.6 is 0 Å². The van der Waals surface area contributed by atoms with E-state index in [9.17, 15) is 0 Å². The zero-order chi connectivity index (χ0) is 7.56. The topological polar surface area (TPSA) is 6.48 Å². The molecule has 0 radical (unpaired) electrons. The van der Waals surface area contributed by atoms with Crippen LogP contribution in [-0.2, 0) is 0 Å². The van der Waals surface area contributed by atoms with E-state index >= 15 is 0 Å². The Kier molecular flexibility index (Phi) is 2.33. The third-order valence-corrected chi connectivity index (χ3v) is 2.07. The summed E-state index contributed by atoms with van der Waals surface area (Å²) in [5.74, 6) is 0. The Labute approximate surface area is 63.1 Å². The maximum atomic E-state index is 2.34. The SMILES string of the molecule is CC=C1CN(C)CCN1C. The fourth-order valence-corrected chi connectivity index (χ4v) is 1.25. The third-order valence-electron chi connectivity index (χ3n) is 2.07. The van der Waals surface area contributed by atoms with Crippen LogP contribution in [0.2, 0.25) is 0 Å². The number of hydrogen-bond donors (Lipinski definition) is 0. The Morgan fingerprint density at radius 2 is 2.00 bits per heavy atom. The average molecular weight is 140 g/mol. The molecule has 0 aromatic heterocycles. The van der Waals surface area contributed by atoms with Crippen LogP contribution in [0.15, 0.2) is 11.8 Å². The van der Waals surface area contributed by atoms with Gasteiger partial charge in [-0.2, -0.15) is 0 Å². The Morgan fingerprint density at radius 3 is 2.50 bits per heavy atom. The van der Waals surface area contributed by atoms with E-state index in [0.29, 0.717) is 0 Å². The molecule has 0 spiro atoms. The van der Waals surface area contributed by atoms with E-state index in [1.54, 1.807) is 0 Å². The van der Waals surface area contributed by atoms with Crippen LogP contribution in [0.4, 0.5) is 0 Å². The Balaban J connectivity index is 2.54.